The number of thioether (sulfide) groups is 1. The minimum Gasteiger partial charge on any atom is -0.385 e. The van der Waals surface area contributed by atoms with E-state index in [4.69, 9.17) is 0 Å². The number of amides is 1. The average molecular weight is 290 g/mol. The van der Waals surface area contributed by atoms with E-state index in [0.717, 1.165) is 37.2 Å². The van der Waals surface area contributed by atoms with Crippen LogP contribution in [-0.4, -0.2) is 30.0 Å². The van der Waals surface area contributed by atoms with E-state index in [1.807, 2.05) is 23.9 Å². The zero-order valence-electron chi connectivity index (χ0n) is 12.0. The Hall–Kier alpha value is -1.16. The first kappa shape index (κ1) is 13.8. The zero-order chi connectivity index (χ0) is 14.0. The molecular weight excluding hydrogens is 268 g/mol. The molecule has 4 heteroatoms. The molecule has 0 aromatic heterocycles. The first-order chi connectivity index (χ1) is 9.74. The Labute approximate surface area is 124 Å². The van der Waals surface area contributed by atoms with Crippen molar-refractivity contribution in [3.63, 3.8) is 0 Å². The van der Waals surface area contributed by atoms with Gasteiger partial charge in [0.2, 0.25) is 0 Å². The normalized spacial score (nSPS) is 19.4. The SMILES string of the molecule is CSC1(CNC(=O)c2cccc3c2CCCN3)CCC1. The summed E-state index contributed by atoms with van der Waals surface area (Å²) in [5.41, 5.74) is 3.17. The van der Waals surface area contributed by atoms with Gasteiger partial charge in [-0.2, -0.15) is 11.8 Å². The van der Waals surface area contributed by atoms with Crippen molar-refractivity contribution in [3.8, 4) is 0 Å². The molecule has 2 aliphatic rings. The third-order valence-electron chi connectivity index (χ3n) is 4.61. The zero-order valence-corrected chi connectivity index (χ0v) is 12.8. The summed E-state index contributed by atoms with van der Waals surface area (Å²) in [6.07, 6.45) is 8.00. The number of rotatable bonds is 4. The van der Waals surface area contributed by atoms with Gasteiger partial charge >= 0.3 is 0 Å². The van der Waals surface area contributed by atoms with Crippen LogP contribution in [0.15, 0.2) is 18.2 Å². The summed E-state index contributed by atoms with van der Waals surface area (Å²) in [6, 6.07) is 5.99. The second-order valence-corrected chi connectivity index (χ2v) is 7.06. The lowest BCUT2D eigenvalue weighted by Crippen LogP contribution is -2.45. The number of nitrogens with one attached hydrogen (secondary N) is 2. The van der Waals surface area contributed by atoms with Gasteiger partial charge in [0.15, 0.2) is 0 Å². The van der Waals surface area contributed by atoms with E-state index in [2.05, 4.69) is 23.0 Å². The number of carbonyl (C=O) groups is 1. The van der Waals surface area contributed by atoms with E-state index in [-0.39, 0.29) is 5.91 Å². The highest BCUT2D eigenvalue weighted by atomic mass is 32.2. The van der Waals surface area contributed by atoms with E-state index in [1.54, 1.807) is 0 Å². The number of fused-ring (bicyclic) bond motifs is 1. The summed E-state index contributed by atoms with van der Waals surface area (Å²) >= 11 is 1.90. The third kappa shape index (κ3) is 2.53. The summed E-state index contributed by atoms with van der Waals surface area (Å²) < 4.78 is 0.294. The van der Waals surface area contributed by atoms with Gasteiger partial charge in [-0.15, -0.1) is 0 Å². The van der Waals surface area contributed by atoms with Gasteiger partial charge < -0.3 is 10.6 Å². The predicted molar refractivity (Wildman–Crippen MR) is 85.7 cm³/mol. The van der Waals surface area contributed by atoms with Crippen molar-refractivity contribution in [1.29, 1.82) is 0 Å². The first-order valence-corrected chi connectivity index (χ1v) is 8.66. The molecule has 0 saturated heterocycles. The highest BCUT2D eigenvalue weighted by Crippen LogP contribution is 2.42. The van der Waals surface area contributed by atoms with Crippen LogP contribution in [-0.2, 0) is 6.42 Å². The van der Waals surface area contributed by atoms with Crippen LogP contribution in [0.5, 0.6) is 0 Å². The highest BCUT2D eigenvalue weighted by Gasteiger charge is 2.36. The number of carbonyl (C=O) groups excluding carboxylic acids is 1. The number of anilines is 1. The van der Waals surface area contributed by atoms with Crippen molar-refractivity contribution < 1.29 is 4.79 Å². The van der Waals surface area contributed by atoms with Crippen molar-refractivity contribution >= 4 is 23.4 Å². The second kappa shape index (κ2) is 5.68. The van der Waals surface area contributed by atoms with E-state index in [9.17, 15) is 4.79 Å². The van der Waals surface area contributed by atoms with Gasteiger partial charge in [0, 0.05) is 29.1 Å². The van der Waals surface area contributed by atoms with E-state index < -0.39 is 0 Å². The molecule has 1 heterocycles. The Morgan fingerprint density at radius 2 is 2.25 bits per heavy atom. The molecule has 0 spiro atoms. The predicted octanol–water partition coefficient (Wildman–Crippen LogP) is 3.06. The smallest absolute Gasteiger partial charge is 0.251 e. The minimum absolute atomic E-state index is 0.0888. The minimum atomic E-state index is 0.0888. The summed E-state index contributed by atoms with van der Waals surface area (Å²) in [5, 5.41) is 6.53. The summed E-state index contributed by atoms with van der Waals surface area (Å²) in [6.45, 7) is 1.80. The van der Waals surface area contributed by atoms with Crippen molar-refractivity contribution in [2.45, 2.75) is 36.9 Å². The van der Waals surface area contributed by atoms with E-state index >= 15 is 0 Å². The molecule has 1 amide bonds. The third-order valence-corrected chi connectivity index (χ3v) is 6.03. The molecule has 20 heavy (non-hydrogen) atoms. The fourth-order valence-corrected chi connectivity index (χ4v) is 4.00. The Bertz CT molecular complexity index is 506. The van der Waals surface area contributed by atoms with E-state index in [0.29, 0.717) is 4.75 Å². The molecule has 0 radical (unpaired) electrons. The molecule has 0 atom stereocenters. The van der Waals surface area contributed by atoms with Gasteiger partial charge in [0.05, 0.1) is 0 Å². The van der Waals surface area contributed by atoms with Gasteiger partial charge in [-0.25, -0.2) is 0 Å². The fraction of sp³-hybridized carbons (Fsp3) is 0.562. The molecule has 0 bridgehead atoms. The van der Waals surface area contributed by atoms with Crippen LogP contribution >= 0.6 is 11.8 Å². The molecule has 1 aromatic rings. The lowest BCUT2D eigenvalue weighted by molar-refractivity contribution is 0.0943. The average Bonchev–Trinajstić information content (AvgIpc) is 2.46. The molecule has 1 saturated carbocycles. The summed E-state index contributed by atoms with van der Waals surface area (Å²) in [7, 11) is 0. The van der Waals surface area contributed by atoms with Crippen molar-refractivity contribution in [2.75, 3.05) is 24.7 Å². The van der Waals surface area contributed by atoms with Crippen molar-refractivity contribution in [1.82, 2.24) is 5.32 Å². The molecule has 1 aromatic carbocycles. The van der Waals surface area contributed by atoms with Crippen LogP contribution in [0.1, 0.15) is 41.6 Å². The standard InChI is InChI=1S/C16H22N2OS/c1-20-16(8-4-9-16)11-18-15(19)13-5-2-7-14-12(13)6-3-10-17-14/h2,5,7,17H,3-4,6,8-11H2,1H3,(H,18,19). The molecule has 1 aliphatic heterocycles. The van der Waals surface area contributed by atoms with Gasteiger partial charge in [-0.05, 0) is 49.6 Å². The van der Waals surface area contributed by atoms with Crippen LogP contribution < -0.4 is 10.6 Å². The second-order valence-electron chi connectivity index (χ2n) is 5.79. The van der Waals surface area contributed by atoms with Crippen LogP contribution in [0, 0.1) is 0 Å². The Kier molecular flexibility index (Phi) is 3.92. The Balaban J connectivity index is 1.71. The van der Waals surface area contributed by atoms with Gasteiger partial charge in [0.25, 0.3) is 5.91 Å². The summed E-state index contributed by atoms with van der Waals surface area (Å²) in [5.74, 6) is 0.0888. The van der Waals surface area contributed by atoms with Crippen LogP contribution in [0.25, 0.3) is 0 Å². The maximum Gasteiger partial charge on any atom is 0.251 e. The summed E-state index contributed by atoms with van der Waals surface area (Å²) in [4.78, 5) is 12.5. The lowest BCUT2D eigenvalue weighted by atomic mass is 9.84. The van der Waals surface area contributed by atoms with Gasteiger partial charge in [-0.1, -0.05) is 12.5 Å². The molecule has 3 rings (SSSR count). The molecule has 1 fully saturated rings. The molecule has 108 valence electrons. The molecule has 0 unspecified atom stereocenters. The van der Waals surface area contributed by atoms with E-state index in [1.165, 1.54) is 24.8 Å². The Morgan fingerprint density at radius 1 is 1.40 bits per heavy atom. The molecular formula is C16H22N2OS. The quantitative estimate of drug-likeness (QED) is 0.895. The maximum atomic E-state index is 12.5. The maximum absolute atomic E-state index is 12.5. The number of hydrogen-bond donors (Lipinski definition) is 2. The fourth-order valence-electron chi connectivity index (χ4n) is 3.08. The lowest BCUT2D eigenvalue weighted by Gasteiger charge is -2.40. The van der Waals surface area contributed by atoms with Gasteiger partial charge in [0.1, 0.15) is 0 Å². The monoisotopic (exact) mass is 290 g/mol. The molecule has 3 nitrogen and oxygen atoms in total. The van der Waals surface area contributed by atoms with Crippen molar-refractivity contribution in [3.05, 3.63) is 29.3 Å². The van der Waals surface area contributed by atoms with Crippen LogP contribution in [0.4, 0.5) is 5.69 Å². The van der Waals surface area contributed by atoms with Gasteiger partial charge in [-0.3, -0.25) is 4.79 Å². The number of benzene rings is 1. The Morgan fingerprint density at radius 3 is 2.95 bits per heavy atom. The highest BCUT2D eigenvalue weighted by molar-refractivity contribution is 8.00. The molecule has 1 aliphatic carbocycles. The number of hydrogen-bond acceptors (Lipinski definition) is 3. The first-order valence-electron chi connectivity index (χ1n) is 7.43. The van der Waals surface area contributed by atoms with Crippen LogP contribution in [0.2, 0.25) is 0 Å². The van der Waals surface area contributed by atoms with Crippen LogP contribution in [0.3, 0.4) is 0 Å². The molecule has 2 N–H and O–H groups in total. The largest absolute Gasteiger partial charge is 0.385 e. The topological polar surface area (TPSA) is 41.1 Å². The van der Waals surface area contributed by atoms with Crippen molar-refractivity contribution in [2.24, 2.45) is 0 Å².